The average molecular weight is 317 g/mol. The summed E-state index contributed by atoms with van der Waals surface area (Å²) in [6.45, 7) is 0. The minimum absolute atomic E-state index is 0.152. The molecule has 0 bridgehead atoms. The molecule has 0 aliphatic rings. The first-order valence-corrected chi connectivity index (χ1v) is 5.99. The number of hydrogen-bond donors (Lipinski definition) is 1. The number of carboxylic acid groups (broad SMARTS) is 1. The van der Waals surface area contributed by atoms with Crippen LogP contribution in [0.1, 0.15) is 11.3 Å². The standard InChI is InChI=1S/C13H8ClF3N2O2/c14-9-7-8(2-4-12(20)21)1-3-10(9)19-6-5-11(18-19)13(15,16)17/h1-7H,(H,20,21)/b4-2+. The van der Waals surface area contributed by atoms with Gasteiger partial charge in [-0.05, 0) is 29.8 Å². The zero-order valence-corrected chi connectivity index (χ0v) is 11.1. The van der Waals surface area contributed by atoms with Crippen molar-refractivity contribution in [1.29, 1.82) is 0 Å². The van der Waals surface area contributed by atoms with Crippen LogP contribution in [0.25, 0.3) is 11.8 Å². The van der Waals surface area contributed by atoms with Crippen LogP contribution < -0.4 is 0 Å². The molecule has 0 atom stereocenters. The van der Waals surface area contributed by atoms with E-state index in [-0.39, 0.29) is 10.7 Å². The molecule has 1 N–H and O–H groups in total. The van der Waals surface area contributed by atoms with Crippen LogP contribution in [-0.4, -0.2) is 20.9 Å². The van der Waals surface area contributed by atoms with E-state index in [1.54, 1.807) is 0 Å². The summed E-state index contributed by atoms with van der Waals surface area (Å²) in [6, 6.07) is 5.26. The molecule has 2 rings (SSSR count). The Morgan fingerprint density at radius 3 is 2.57 bits per heavy atom. The molecule has 1 heterocycles. The molecule has 0 fully saturated rings. The molecule has 1 aromatic carbocycles. The fourth-order valence-electron chi connectivity index (χ4n) is 1.59. The molecule has 0 amide bonds. The Bertz CT molecular complexity index is 708. The second kappa shape index (κ2) is 5.61. The van der Waals surface area contributed by atoms with Crippen molar-refractivity contribution in [1.82, 2.24) is 9.78 Å². The van der Waals surface area contributed by atoms with Crippen molar-refractivity contribution in [3.8, 4) is 5.69 Å². The minimum atomic E-state index is -4.53. The lowest BCUT2D eigenvalue weighted by Gasteiger charge is -2.06. The maximum atomic E-state index is 12.5. The van der Waals surface area contributed by atoms with Gasteiger partial charge in [-0.3, -0.25) is 0 Å². The lowest BCUT2D eigenvalue weighted by atomic mass is 10.2. The van der Waals surface area contributed by atoms with Gasteiger partial charge in [-0.25, -0.2) is 9.48 Å². The van der Waals surface area contributed by atoms with E-state index in [2.05, 4.69) is 5.10 Å². The van der Waals surface area contributed by atoms with Crippen LogP contribution in [0.4, 0.5) is 13.2 Å². The summed E-state index contributed by atoms with van der Waals surface area (Å²) < 4.78 is 38.5. The SMILES string of the molecule is O=C(O)/C=C/c1ccc(-n2ccc(C(F)(F)F)n2)c(Cl)c1. The van der Waals surface area contributed by atoms with Crippen molar-refractivity contribution in [3.05, 3.63) is 52.8 Å². The molecular formula is C13H8ClF3N2O2. The molecule has 0 spiro atoms. The highest BCUT2D eigenvalue weighted by atomic mass is 35.5. The van der Waals surface area contributed by atoms with Gasteiger partial charge in [-0.15, -0.1) is 0 Å². The Balaban J connectivity index is 2.33. The zero-order chi connectivity index (χ0) is 15.6. The highest BCUT2D eigenvalue weighted by Crippen LogP contribution is 2.29. The summed E-state index contributed by atoms with van der Waals surface area (Å²) in [7, 11) is 0. The first-order valence-electron chi connectivity index (χ1n) is 5.61. The van der Waals surface area contributed by atoms with Crippen molar-refractivity contribution < 1.29 is 23.1 Å². The number of hydrogen-bond acceptors (Lipinski definition) is 2. The van der Waals surface area contributed by atoms with Crippen LogP contribution in [0.5, 0.6) is 0 Å². The van der Waals surface area contributed by atoms with Gasteiger partial charge in [0, 0.05) is 12.3 Å². The highest BCUT2D eigenvalue weighted by molar-refractivity contribution is 6.32. The molecular weight excluding hydrogens is 309 g/mol. The van der Waals surface area contributed by atoms with E-state index in [9.17, 15) is 18.0 Å². The topological polar surface area (TPSA) is 55.1 Å². The van der Waals surface area contributed by atoms with E-state index in [0.717, 1.165) is 23.0 Å². The summed E-state index contributed by atoms with van der Waals surface area (Å²) in [4.78, 5) is 10.4. The molecule has 110 valence electrons. The van der Waals surface area contributed by atoms with Gasteiger partial charge in [0.1, 0.15) is 0 Å². The predicted molar refractivity (Wildman–Crippen MR) is 70.2 cm³/mol. The predicted octanol–water partition coefficient (Wildman–Crippen LogP) is 3.64. The van der Waals surface area contributed by atoms with E-state index in [4.69, 9.17) is 16.7 Å². The molecule has 0 saturated heterocycles. The molecule has 8 heteroatoms. The van der Waals surface area contributed by atoms with Gasteiger partial charge >= 0.3 is 12.1 Å². The second-order valence-corrected chi connectivity index (χ2v) is 4.43. The molecule has 0 aliphatic carbocycles. The van der Waals surface area contributed by atoms with Gasteiger partial charge in [-0.2, -0.15) is 18.3 Å². The van der Waals surface area contributed by atoms with E-state index in [1.165, 1.54) is 24.3 Å². The number of aromatic nitrogens is 2. The fraction of sp³-hybridized carbons (Fsp3) is 0.0769. The van der Waals surface area contributed by atoms with E-state index >= 15 is 0 Å². The van der Waals surface area contributed by atoms with Crippen LogP contribution in [0.3, 0.4) is 0 Å². The number of aliphatic carboxylic acids is 1. The van der Waals surface area contributed by atoms with Crippen molar-refractivity contribution in [3.63, 3.8) is 0 Å². The molecule has 21 heavy (non-hydrogen) atoms. The van der Waals surface area contributed by atoms with E-state index < -0.39 is 17.8 Å². The summed E-state index contributed by atoms with van der Waals surface area (Å²) in [5, 5.41) is 12.1. The van der Waals surface area contributed by atoms with Gasteiger partial charge in [0.05, 0.1) is 10.7 Å². The van der Waals surface area contributed by atoms with Gasteiger partial charge in [0.2, 0.25) is 0 Å². The molecule has 1 aromatic heterocycles. The largest absolute Gasteiger partial charge is 0.478 e. The van der Waals surface area contributed by atoms with Crippen molar-refractivity contribution >= 4 is 23.6 Å². The van der Waals surface area contributed by atoms with Crippen molar-refractivity contribution in [2.45, 2.75) is 6.18 Å². The van der Waals surface area contributed by atoms with Gasteiger partial charge in [-0.1, -0.05) is 17.7 Å². The smallest absolute Gasteiger partial charge is 0.435 e. The molecule has 0 unspecified atom stereocenters. The second-order valence-electron chi connectivity index (χ2n) is 4.03. The highest BCUT2D eigenvalue weighted by Gasteiger charge is 2.33. The fourth-order valence-corrected chi connectivity index (χ4v) is 1.86. The van der Waals surface area contributed by atoms with Crippen LogP contribution in [0.2, 0.25) is 5.02 Å². The maximum Gasteiger partial charge on any atom is 0.435 e. The Morgan fingerprint density at radius 1 is 1.33 bits per heavy atom. The summed E-state index contributed by atoms with van der Waals surface area (Å²) in [5.74, 6) is -1.11. The molecule has 0 saturated carbocycles. The summed E-state index contributed by atoms with van der Waals surface area (Å²) >= 11 is 5.98. The first-order chi connectivity index (χ1) is 9.77. The van der Waals surface area contributed by atoms with Crippen LogP contribution in [0.15, 0.2) is 36.5 Å². The van der Waals surface area contributed by atoms with Gasteiger partial charge in [0.25, 0.3) is 0 Å². The first kappa shape index (κ1) is 15.1. The Kier molecular flexibility index (Phi) is 4.04. The van der Waals surface area contributed by atoms with E-state index in [1.807, 2.05) is 0 Å². The third-order valence-corrected chi connectivity index (χ3v) is 2.82. The third kappa shape index (κ3) is 3.63. The Morgan fingerprint density at radius 2 is 2.05 bits per heavy atom. The normalized spacial score (nSPS) is 12.0. The number of halogens is 4. The van der Waals surface area contributed by atoms with Crippen LogP contribution >= 0.6 is 11.6 Å². The molecule has 2 aromatic rings. The number of rotatable bonds is 3. The zero-order valence-electron chi connectivity index (χ0n) is 10.3. The van der Waals surface area contributed by atoms with Gasteiger partial charge in [0.15, 0.2) is 5.69 Å². The third-order valence-electron chi connectivity index (χ3n) is 2.52. The average Bonchev–Trinajstić information content (AvgIpc) is 2.85. The number of carbonyl (C=O) groups is 1. The quantitative estimate of drug-likeness (QED) is 0.880. The van der Waals surface area contributed by atoms with Crippen molar-refractivity contribution in [2.24, 2.45) is 0 Å². The van der Waals surface area contributed by atoms with Gasteiger partial charge < -0.3 is 5.11 Å². The van der Waals surface area contributed by atoms with Crippen LogP contribution in [0, 0.1) is 0 Å². The monoisotopic (exact) mass is 316 g/mol. The minimum Gasteiger partial charge on any atom is -0.478 e. The lowest BCUT2D eigenvalue weighted by molar-refractivity contribution is -0.141. The van der Waals surface area contributed by atoms with Crippen LogP contribution in [-0.2, 0) is 11.0 Å². The maximum absolute atomic E-state index is 12.5. The number of nitrogens with zero attached hydrogens (tertiary/aromatic N) is 2. The number of benzene rings is 1. The number of alkyl halides is 3. The van der Waals surface area contributed by atoms with Crippen molar-refractivity contribution in [2.75, 3.05) is 0 Å². The molecule has 4 nitrogen and oxygen atoms in total. The Labute approximate surface area is 122 Å². The number of carboxylic acids is 1. The molecule has 0 aliphatic heterocycles. The molecule has 0 radical (unpaired) electrons. The summed E-state index contributed by atoms with van der Waals surface area (Å²) in [6.07, 6.45) is -1.12. The Hall–Kier alpha value is -2.28. The lowest BCUT2D eigenvalue weighted by Crippen LogP contribution is -2.07. The summed E-state index contributed by atoms with van der Waals surface area (Å²) in [5.41, 5.74) is -0.248. The van der Waals surface area contributed by atoms with E-state index in [0.29, 0.717) is 5.56 Å².